The summed E-state index contributed by atoms with van der Waals surface area (Å²) in [6, 6.07) is 5.92. The molecule has 1 aromatic rings. The summed E-state index contributed by atoms with van der Waals surface area (Å²) in [7, 11) is 0. The molecule has 1 aromatic carbocycles. The van der Waals surface area contributed by atoms with E-state index in [-0.39, 0.29) is 11.5 Å². The second-order valence-corrected chi connectivity index (χ2v) is 8.45. The zero-order valence-electron chi connectivity index (χ0n) is 17.0. The summed E-state index contributed by atoms with van der Waals surface area (Å²) in [6.07, 6.45) is 0.144. The molecule has 0 fully saturated rings. The molecule has 0 aromatic heterocycles. The first kappa shape index (κ1) is 21.7. The van der Waals surface area contributed by atoms with E-state index in [9.17, 15) is 4.79 Å². The standard InChI is InChI=1S/C19H30N6O3S/c1-10(2)23-17(22-9-20)19-24-16-13-5-4-12(28-11(3)18(26)25-21)8-14(13)27-7-6-15(16)29-19/h4-5,8,10-11,17,19,22-24H,6-7,9,20-21H2,1-3H3,(H,25,26)/t11-,17?,19?/m1/s1. The summed E-state index contributed by atoms with van der Waals surface area (Å²) in [6.45, 7) is 6.83. The van der Waals surface area contributed by atoms with E-state index in [1.165, 1.54) is 4.91 Å². The van der Waals surface area contributed by atoms with Gasteiger partial charge >= 0.3 is 0 Å². The van der Waals surface area contributed by atoms with Gasteiger partial charge in [0.1, 0.15) is 16.9 Å². The van der Waals surface area contributed by atoms with Crippen LogP contribution in [-0.2, 0) is 4.79 Å². The summed E-state index contributed by atoms with van der Waals surface area (Å²) in [5.41, 5.74) is 9.88. The van der Waals surface area contributed by atoms with E-state index >= 15 is 0 Å². The third kappa shape index (κ3) is 5.14. The van der Waals surface area contributed by atoms with E-state index < -0.39 is 12.0 Å². The minimum absolute atomic E-state index is 0.0273. The first-order chi connectivity index (χ1) is 13.9. The maximum atomic E-state index is 11.6. The Morgan fingerprint density at radius 1 is 1.41 bits per heavy atom. The van der Waals surface area contributed by atoms with E-state index in [0.717, 1.165) is 23.4 Å². The van der Waals surface area contributed by atoms with Gasteiger partial charge in [0.2, 0.25) is 0 Å². The SMILES string of the molecule is CC(C)NC(NCN)C1NC2=C(CCOc3cc(O[C@H](C)C(=O)NN)ccc32)S1. The van der Waals surface area contributed by atoms with Gasteiger partial charge in [-0.1, -0.05) is 0 Å². The van der Waals surface area contributed by atoms with Crippen molar-refractivity contribution in [3.63, 3.8) is 0 Å². The van der Waals surface area contributed by atoms with Crippen LogP contribution >= 0.6 is 11.8 Å². The number of fused-ring (bicyclic) bond motifs is 2. The minimum Gasteiger partial charge on any atom is -0.492 e. The van der Waals surface area contributed by atoms with Crippen LogP contribution in [0.3, 0.4) is 0 Å². The van der Waals surface area contributed by atoms with Crippen LogP contribution in [0, 0.1) is 0 Å². The molecular formula is C19H30N6O3S. The van der Waals surface area contributed by atoms with Crippen molar-refractivity contribution in [3.05, 3.63) is 28.7 Å². The first-order valence-electron chi connectivity index (χ1n) is 9.73. The number of ether oxygens (including phenoxy) is 2. The van der Waals surface area contributed by atoms with Gasteiger partial charge in [0.15, 0.2) is 6.10 Å². The number of thioether (sulfide) groups is 1. The molecule has 3 rings (SSSR count). The summed E-state index contributed by atoms with van der Waals surface area (Å²) < 4.78 is 11.6. The smallest absolute Gasteiger partial charge is 0.274 e. The van der Waals surface area contributed by atoms with Gasteiger partial charge in [-0.05, 0) is 32.9 Å². The predicted molar refractivity (Wildman–Crippen MR) is 115 cm³/mol. The molecule has 29 heavy (non-hydrogen) atoms. The van der Waals surface area contributed by atoms with Crippen LogP contribution in [0.2, 0.25) is 0 Å². The molecule has 0 saturated heterocycles. The Labute approximate surface area is 175 Å². The fourth-order valence-corrected chi connectivity index (χ4v) is 4.58. The number of rotatable bonds is 8. The van der Waals surface area contributed by atoms with E-state index in [4.69, 9.17) is 21.1 Å². The highest BCUT2D eigenvalue weighted by Crippen LogP contribution is 2.43. The largest absolute Gasteiger partial charge is 0.492 e. The minimum atomic E-state index is -0.701. The van der Waals surface area contributed by atoms with Gasteiger partial charge in [0.25, 0.3) is 5.91 Å². The van der Waals surface area contributed by atoms with Crippen molar-refractivity contribution in [1.82, 2.24) is 21.4 Å². The normalized spacial score (nSPS) is 20.1. The highest BCUT2D eigenvalue weighted by molar-refractivity contribution is 8.04. The first-order valence-corrected chi connectivity index (χ1v) is 10.6. The summed E-state index contributed by atoms with van der Waals surface area (Å²) in [4.78, 5) is 12.9. The maximum absolute atomic E-state index is 11.6. The molecule has 9 nitrogen and oxygen atoms in total. The average molecular weight is 423 g/mol. The third-order valence-corrected chi connectivity index (χ3v) is 5.96. The van der Waals surface area contributed by atoms with Crippen molar-refractivity contribution in [3.8, 4) is 11.5 Å². The summed E-state index contributed by atoms with van der Waals surface area (Å²) in [5.74, 6) is 6.05. The zero-order chi connectivity index (χ0) is 21.0. The number of carbonyl (C=O) groups is 1. The molecule has 2 unspecified atom stereocenters. The third-order valence-electron chi connectivity index (χ3n) is 4.62. The van der Waals surface area contributed by atoms with Crippen molar-refractivity contribution >= 4 is 23.4 Å². The molecular weight excluding hydrogens is 392 g/mol. The molecule has 2 aliphatic rings. The monoisotopic (exact) mass is 422 g/mol. The molecule has 160 valence electrons. The molecule has 10 heteroatoms. The van der Waals surface area contributed by atoms with Crippen LogP contribution in [0.1, 0.15) is 32.8 Å². The van der Waals surface area contributed by atoms with Crippen molar-refractivity contribution in [2.75, 3.05) is 13.3 Å². The lowest BCUT2D eigenvalue weighted by Gasteiger charge is -2.28. The quantitative estimate of drug-likeness (QED) is 0.152. The lowest BCUT2D eigenvalue weighted by atomic mass is 10.1. The number of benzene rings is 1. The Hall–Kier alpha value is -1.98. The Bertz CT molecular complexity index is 772. The van der Waals surface area contributed by atoms with Gasteiger partial charge in [-0.3, -0.25) is 20.9 Å². The van der Waals surface area contributed by atoms with Crippen molar-refractivity contribution in [2.45, 2.75) is 50.9 Å². The lowest BCUT2D eigenvalue weighted by Crippen LogP contribution is -2.56. The van der Waals surface area contributed by atoms with Gasteiger partial charge in [-0.2, -0.15) is 0 Å². The van der Waals surface area contributed by atoms with Crippen LogP contribution in [0.25, 0.3) is 5.70 Å². The molecule has 0 radical (unpaired) electrons. The Morgan fingerprint density at radius 2 is 2.21 bits per heavy atom. The van der Waals surface area contributed by atoms with E-state index in [0.29, 0.717) is 25.1 Å². The zero-order valence-corrected chi connectivity index (χ0v) is 17.8. The van der Waals surface area contributed by atoms with Gasteiger partial charge in [0, 0.05) is 35.7 Å². The molecule has 3 atom stereocenters. The molecule has 1 amide bonds. The van der Waals surface area contributed by atoms with E-state index in [2.05, 4.69) is 35.2 Å². The maximum Gasteiger partial charge on any atom is 0.274 e. The molecule has 0 saturated carbocycles. The van der Waals surface area contributed by atoms with E-state index in [1.54, 1.807) is 18.7 Å². The molecule has 0 aliphatic carbocycles. The number of nitrogens with two attached hydrogens (primary N) is 2. The Morgan fingerprint density at radius 3 is 2.90 bits per heavy atom. The lowest BCUT2D eigenvalue weighted by molar-refractivity contribution is -0.127. The highest BCUT2D eigenvalue weighted by atomic mass is 32.2. The van der Waals surface area contributed by atoms with Crippen molar-refractivity contribution in [1.29, 1.82) is 0 Å². The molecule has 8 N–H and O–H groups in total. The van der Waals surface area contributed by atoms with Gasteiger partial charge in [0.05, 0.1) is 18.5 Å². The van der Waals surface area contributed by atoms with Crippen molar-refractivity contribution in [2.24, 2.45) is 11.6 Å². The molecule has 2 aliphatic heterocycles. The highest BCUT2D eigenvalue weighted by Gasteiger charge is 2.33. The number of hydrazine groups is 1. The van der Waals surface area contributed by atoms with Crippen LogP contribution in [0.5, 0.6) is 11.5 Å². The number of hydrogen-bond acceptors (Lipinski definition) is 9. The fourth-order valence-electron chi connectivity index (χ4n) is 3.30. The number of nitrogens with one attached hydrogen (secondary N) is 4. The van der Waals surface area contributed by atoms with Gasteiger partial charge in [-0.25, -0.2) is 5.84 Å². The fraction of sp³-hybridized carbons (Fsp3) is 0.526. The number of hydrogen-bond donors (Lipinski definition) is 6. The topological polar surface area (TPSA) is 136 Å². The van der Waals surface area contributed by atoms with Crippen molar-refractivity contribution < 1.29 is 14.3 Å². The second-order valence-electron chi connectivity index (χ2n) is 7.21. The van der Waals surface area contributed by atoms with Crippen LogP contribution < -0.4 is 42.4 Å². The molecule has 0 bridgehead atoms. The van der Waals surface area contributed by atoms with Gasteiger partial charge < -0.3 is 20.5 Å². The predicted octanol–water partition coefficient (Wildman–Crippen LogP) is 0.387. The van der Waals surface area contributed by atoms with Crippen LogP contribution in [-0.4, -0.2) is 42.9 Å². The number of carbonyl (C=O) groups excluding carboxylic acids is 1. The Balaban J connectivity index is 1.78. The second kappa shape index (κ2) is 9.68. The van der Waals surface area contributed by atoms with Gasteiger partial charge in [-0.15, -0.1) is 11.8 Å². The number of amides is 1. The summed E-state index contributed by atoms with van der Waals surface area (Å²) >= 11 is 1.79. The van der Waals surface area contributed by atoms with Crippen LogP contribution in [0.15, 0.2) is 23.1 Å². The molecule has 0 spiro atoms. The van der Waals surface area contributed by atoms with E-state index in [1.807, 2.05) is 18.2 Å². The summed E-state index contributed by atoms with van der Waals surface area (Å²) in [5, 5.41) is 10.6. The van der Waals surface area contributed by atoms with Crippen LogP contribution in [0.4, 0.5) is 0 Å². The Kier molecular flexibility index (Phi) is 7.25. The molecule has 2 heterocycles. The average Bonchev–Trinajstić information content (AvgIpc) is 3.03.